The molecule has 150 valence electrons. The number of carbonyl (C=O) groups is 2. The SMILES string of the molecule is C[C@H](Oc1ccc2ccccc2c1)C(=O)NNC(=O)c1ccc(OC(F)F)cc1. The van der Waals surface area contributed by atoms with Crippen LogP contribution in [0.1, 0.15) is 17.3 Å². The summed E-state index contributed by atoms with van der Waals surface area (Å²) in [6.45, 7) is -1.40. The summed E-state index contributed by atoms with van der Waals surface area (Å²) in [6.07, 6.45) is -0.863. The minimum atomic E-state index is -2.95. The Morgan fingerprint density at radius 1 is 0.828 bits per heavy atom. The van der Waals surface area contributed by atoms with Crippen molar-refractivity contribution in [3.8, 4) is 11.5 Å². The Morgan fingerprint density at radius 3 is 2.17 bits per heavy atom. The van der Waals surface area contributed by atoms with E-state index in [0.29, 0.717) is 5.75 Å². The van der Waals surface area contributed by atoms with Crippen LogP contribution in [0.15, 0.2) is 66.7 Å². The quantitative estimate of drug-likeness (QED) is 0.619. The minimum Gasteiger partial charge on any atom is -0.481 e. The highest BCUT2D eigenvalue weighted by molar-refractivity contribution is 5.95. The highest BCUT2D eigenvalue weighted by Crippen LogP contribution is 2.21. The van der Waals surface area contributed by atoms with E-state index in [2.05, 4.69) is 15.6 Å². The molecule has 0 saturated heterocycles. The molecule has 6 nitrogen and oxygen atoms in total. The smallest absolute Gasteiger partial charge is 0.387 e. The third-order valence-corrected chi connectivity index (χ3v) is 4.04. The van der Waals surface area contributed by atoms with Gasteiger partial charge >= 0.3 is 6.61 Å². The Bertz CT molecular complexity index is 1010. The second-order valence-corrected chi connectivity index (χ2v) is 6.12. The Hall–Kier alpha value is -3.68. The van der Waals surface area contributed by atoms with Crippen LogP contribution in [-0.4, -0.2) is 24.5 Å². The summed E-state index contributed by atoms with van der Waals surface area (Å²) in [4.78, 5) is 24.2. The van der Waals surface area contributed by atoms with Crippen LogP contribution in [0, 0.1) is 0 Å². The van der Waals surface area contributed by atoms with E-state index in [0.717, 1.165) is 10.8 Å². The topological polar surface area (TPSA) is 76.7 Å². The normalized spacial score (nSPS) is 11.7. The molecule has 3 aromatic rings. The van der Waals surface area contributed by atoms with Crippen LogP contribution >= 0.6 is 0 Å². The molecule has 0 aromatic heterocycles. The van der Waals surface area contributed by atoms with Gasteiger partial charge in [-0.1, -0.05) is 30.3 Å². The lowest BCUT2D eigenvalue weighted by atomic mass is 10.1. The van der Waals surface area contributed by atoms with Gasteiger partial charge in [-0.15, -0.1) is 0 Å². The second-order valence-electron chi connectivity index (χ2n) is 6.12. The van der Waals surface area contributed by atoms with Crippen LogP contribution in [0.5, 0.6) is 11.5 Å². The molecule has 3 aromatic carbocycles. The van der Waals surface area contributed by atoms with E-state index in [1.165, 1.54) is 24.3 Å². The lowest BCUT2D eigenvalue weighted by Crippen LogP contribution is -2.47. The van der Waals surface area contributed by atoms with Crippen molar-refractivity contribution in [3.63, 3.8) is 0 Å². The number of halogens is 2. The molecule has 1 atom stereocenters. The van der Waals surface area contributed by atoms with Crippen molar-refractivity contribution >= 4 is 22.6 Å². The molecule has 3 rings (SSSR count). The molecule has 0 aliphatic heterocycles. The van der Waals surface area contributed by atoms with E-state index >= 15 is 0 Å². The maximum absolute atomic E-state index is 12.2. The molecule has 0 saturated carbocycles. The number of rotatable bonds is 6. The van der Waals surface area contributed by atoms with Gasteiger partial charge in [0.05, 0.1) is 0 Å². The first kappa shape index (κ1) is 20.1. The van der Waals surface area contributed by atoms with Crippen molar-refractivity contribution in [1.82, 2.24) is 10.9 Å². The number of nitrogens with one attached hydrogen (secondary N) is 2. The molecule has 0 fully saturated rings. The highest BCUT2D eigenvalue weighted by Gasteiger charge is 2.16. The molecule has 0 spiro atoms. The van der Waals surface area contributed by atoms with Crippen molar-refractivity contribution in [2.75, 3.05) is 0 Å². The van der Waals surface area contributed by atoms with Crippen molar-refractivity contribution in [1.29, 1.82) is 0 Å². The van der Waals surface area contributed by atoms with Gasteiger partial charge in [0, 0.05) is 5.56 Å². The fraction of sp³-hybridized carbons (Fsp3) is 0.143. The standard InChI is InChI=1S/C21H18F2N2O4/c1-13(28-18-11-6-14-4-2-3-5-16(14)12-18)19(26)24-25-20(27)15-7-9-17(10-8-15)29-21(22)23/h2-13,21H,1H3,(H,24,26)(H,25,27)/t13-/m0/s1. The largest absolute Gasteiger partial charge is 0.481 e. The average molecular weight is 400 g/mol. The summed E-state index contributed by atoms with van der Waals surface area (Å²) in [5, 5.41) is 2.03. The molecule has 0 unspecified atom stereocenters. The monoisotopic (exact) mass is 400 g/mol. The molecule has 2 N–H and O–H groups in total. The third kappa shape index (κ3) is 5.41. The summed E-state index contributed by atoms with van der Waals surface area (Å²) in [7, 11) is 0. The summed E-state index contributed by atoms with van der Waals surface area (Å²) in [5.41, 5.74) is 4.68. The summed E-state index contributed by atoms with van der Waals surface area (Å²) in [5.74, 6) is -0.714. The zero-order valence-electron chi connectivity index (χ0n) is 15.4. The number of ether oxygens (including phenoxy) is 2. The summed E-state index contributed by atoms with van der Waals surface area (Å²) >= 11 is 0. The van der Waals surface area contributed by atoms with Crippen molar-refractivity contribution < 1.29 is 27.8 Å². The molecule has 8 heteroatoms. The zero-order chi connectivity index (χ0) is 20.8. The molecule has 29 heavy (non-hydrogen) atoms. The first-order valence-electron chi connectivity index (χ1n) is 8.73. The van der Waals surface area contributed by atoms with Crippen molar-refractivity contribution in [2.24, 2.45) is 0 Å². The number of carbonyl (C=O) groups excluding carboxylic acids is 2. The number of amides is 2. The Morgan fingerprint density at radius 2 is 1.48 bits per heavy atom. The van der Waals surface area contributed by atoms with Crippen molar-refractivity contribution in [3.05, 3.63) is 72.3 Å². The van der Waals surface area contributed by atoms with E-state index < -0.39 is 24.5 Å². The summed E-state index contributed by atoms with van der Waals surface area (Å²) < 4.78 is 34.1. The molecule has 2 amide bonds. The van der Waals surface area contributed by atoms with E-state index in [-0.39, 0.29) is 11.3 Å². The maximum atomic E-state index is 12.2. The van der Waals surface area contributed by atoms with Gasteiger partial charge in [-0.05, 0) is 54.1 Å². The van der Waals surface area contributed by atoms with Gasteiger partial charge in [-0.2, -0.15) is 8.78 Å². The van der Waals surface area contributed by atoms with Gasteiger partial charge in [-0.25, -0.2) is 0 Å². The lowest BCUT2D eigenvalue weighted by Gasteiger charge is -2.15. The predicted molar refractivity (Wildman–Crippen MR) is 103 cm³/mol. The van der Waals surface area contributed by atoms with Gasteiger partial charge in [0.25, 0.3) is 11.8 Å². The van der Waals surface area contributed by atoms with Crippen LogP contribution in [0.4, 0.5) is 8.78 Å². The lowest BCUT2D eigenvalue weighted by molar-refractivity contribution is -0.128. The molecule has 0 bridgehead atoms. The fourth-order valence-corrected chi connectivity index (χ4v) is 2.58. The zero-order valence-corrected chi connectivity index (χ0v) is 15.4. The first-order valence-corrected chi connectivity index (χ1v) is 8.73. The van der Waals surface area contributed by atoms with E-state index in [9.17, 15) is 18.4 Å². The molecular formula is C21H18F2N2O4. The van der Waals surface area contributed by atoms with Gasteiger partial charge < -0.3 is 9.47 Å². The number of hydrogen-bond acceptors (Lipinski definition) is 4. The van der Waals surface area contributed by atoms with Crippen LogP contribution in [0.2, 0.25) is 0 Å². The highest BCUT2D eigenvalue weighted by atomic mass is 19.3. The Balaban J connectivity index is 1.53. The van der Waals surface area contributed by atoms with Gasteiger partial charge in [-0.3, -0.25) is 20.4 Å². The maximum Gasteiger partial charge on any atom is 0.387 e. The second kappa shape index (κ2) is 9.01. The summed E-state index contributed by atoms with van der Waals surface area (Å²) in [6, 6.07) is 18.3. The Labute approximate surface area is 165 Å². The average Bonchev–Trinajstić information content (AvgIpc) is 2.71. The molecule has 0 heterocycles. The minimum absolute atomic E-state index is 0.0713. The van der Waals surface area contributed by atoms with Gasteiger partial charge in [0.15, 0.2) is 6.10 Å². The number of fused-ring (bicyclic) bond motifs is 1. The first-order chi connectivity index (χ1) is 13.9. The third-order valence-electron chi connectivity index (χ3n) is 4.04. The fourth-order valence-electron chi connectivity index (χ4n) is 2.58. The Kier molecular flexibility index (Phi) is 6.23. The van der Waals surface area contributed by atoms with Crippen molar-refractivity contribution in [2.45, 2.75) is 19.6 Å². The van der Waals surface area contributed by atoms with Crippen LogP contribution < -0.4 is 20.3 Å². The molecule has 0 aliphatic carbocycles. The number of hydrogen-bond donors (Lipinski definition) is 2. The van der Waals surface area contributed by atoms with Crippen LogP contribution in [0.25, 0.3) is 10.8 Å². The van der Waals surface area contributed by atoms with Gasteiger partial charge in [0.1, 0.15) is 11.5 Å². The van der Waals surface area contributed by atoms with E-state index in [4.69, 9.17) is 4.74 Å². The molecule has 0 aliphatic rings. The van der Waals surface area contributed by atoms with Crippen LogP contribution in [0.3, 0.4) is 0 Å². The number of benzene rings is 3. The number of alkyl halides is 2. The van der Waals surface area contributed by atoms with Crippen LogP contribution in [-0.2, 0) is 4.79 Å². The molecule has 0 radical (unpaired) electrons. The molecular weight excluding hydrogens is 382 g/mol. The van der Waals surface area contributed by atoms with E-state index in [1.54, 1.807) is 13.0 Å². The number of hydrazine groups is 1. The van der Waals surface area contributed by atoms with Gasteiger partial charge in [0.2, 0.25) is 0 Å². The van der Waals surface area contributed by atoms with E-state index in [1.807, 2.05) is 36.4 Å². The predicted octanol–water partition coefficient (Wildman–Crippen LogP) is 3.67.